The maximum Gasteiger partial charge on any atom is 0.253 e. The van der Waals surface area contributed by atoms with E-state index < -0.39 is 0 Å². The molecule has 2 saturated carbocycles. The lowest BCUT2D eigenvalue weighted by atomic mass is 9.65. The molecule has 0 saturated heterocycles. The van der Waals surface area contributed by atoms with Gasteiger partial charge in [-0.15, -0.1) is 0 Å². The maximum atomic E-state index is 12.9. The van der Waals surface area contributed by atoms with Crippen molar-refractivity contribution >= 4 is 17.5 Å². The summed E-state index contributed by atoms with van der Waals surface area (Å²) in [6, 6.07) is 5.44. The fraction of sp³-hybridized carbons (Fsp3) is 0.619. The van der Waals surface area contributed by atoms with Gasteiger partial charge in [-0.1, -0.05) is 6.42 Å². The van der Waals surface area contributed by atoms with Crippen molar-refractivity contribution in [1.82, 2.24) is 4.90 Å². The summed E-state index contributed by atoms with van der Waals surface area (Å²) in [5, 5.41) is 3.03. The molecule has 6 nitrogen and oxygen atoms in total. The second-order valence-corrected chi connectivity index (χ2v) is 8.03. The van der Waals surface area contributed by atoms with Crippen molar-refractivity contribution in [3.63, 3.8) is 0 Å². The SMILES string of the molecule is CCOc1cc(C(=O)N(C)C)ccc1NC(=O)C1CC2CCCC(C1)C2N. The number of nitrogens with one attached hydrogen (secondary N) is 1. The molecule has 2 atom stereocenters. The molecule has 27 heavy (non-hydrogen) atoms. The smallest absolute Gasteiger partial charge is 0.253 e. The Labute approximate surface area is 161 Å². The molecule has 2 aliphatic rings. The molecule has 2 amide bonds. The van der Waals surface area contributed by atoms with Crippen molar-refractivity contribution in [2.75, 3.05) is 26.0 Å². The van der Waals surface area contributed by atoms with E-state index in [2.05, 4.69) is 5.32 Å². The van der Waals surface area contributed by atoms with Gasteiger partial charge in [-0.2, -0.15) is 0 Å². The summed E-state index contributed by atoms with van der Waals surface area (Å²) in [5.41, 5.74) is 7.51. The molecule has 2 aliphatic carbocycles. The van der Waals surface area contributed by atoms with Crippen LogP contribution in [0.25, 0.3) is 0 Å². The van der Waals surface area contributed by atoms with Crippen LogP contribution in [0.1, 0.15) is 49.4 Å². The molecule has 0 spiro atoms. The number of carbonyl (C=O) groups is 2. The van der Waals surface area contributed by atoms with Crippen LogP contribution in [0.2, 0.25) is 0 Å². The van der Waals surface area contributed by atoms with E-state index in [1.165, 1.54) is 11.3 Å². The Morgan fingerprint density at radius 2 is 1.89 bits per heavy atom. The average Bonchev–Trinajstić information content (AvgIpc) is 2.62. The Balaban J connectivity index is 1.74. The number of benzene rings is 1. The number of hydrogen-bond acceptors (Lipinski definition) is 4. The van der Waals surface area contributed by atoms with Gasteiger partial charge < -0.3 is 20.7 Å². The molecule has 3 N–H and O–H groups in total. The number of anilines is 1. The van der Waals surface area contributed by atoms with Crippen molar-refractivity contribution in [2.24, 2.45) is 23.5 Å². The molecular weight excluding hydrogens is 342 g/mol. The summed E-state index contributed by atoms with van der Waals surface area (Å²) in [4.78, 5) is 26.6. The summed E-state index contributed by atoms with van der Waals surface area (Å²) in [6.45, 7) is 2.35. The molecular formula is C21H31N3O3. The molecule has 0 heterocycles. The number of nitrogens with two attached hydrogens (primary N) is 1. The molecule has 0 aliphatic heterocycles. The summed E-state index contributed by atoms with van der Waals surface area (Å²) in [6.07, 6.45) is 5.22. The monoisotopic (exact) mass is 373 g/mol. The summed E-state index contributed by atoms with van der Waals surface area (Å²) in [5.74, 6) is 1.39. The average molecular weight is 373 g/mol. The number of carbonyl (C=O) groups excluding carboxylic acids is 2. The molecule has 6 heteroatoms. The number of amides is 2. The zero-order valence-electron chi connectivity index (χ0n) is 16.5. The summed E-state index contributed by atoms with van der Waals surface area (Å²) >= 11 is 0. The van der Waals surface area contributed by atoms with Crippen molar-refractivity contribution in [3.05, 3.63) is 23.8 Å². The second-order valence-electron chi connectivity index (χ2n) is 8.03. The van der Waals surface area contributed by atoms with Gasteiger partial charge in [0.25, 0.3) is 5.91 Å². The first-order valence-corrected chi connectivity index (χ1v) is 9.95. The fourth-order valence-corrected chi connectivity index (χ4v) is 4.53. The van der Waals surface area contributed by atoms with Crippen LogP contribution in [0, 0.1) is 17.8 Å². The minimum absolute atomic E-state index is 0.00217. The van der Waals surface area contributed by atoms with Gasteiger partial charge in [0.15, 0.2) is 0 Å². The molecule has 3 rings (SSSR count). The Bertz CT molecular complexity index is 690. The fourth-order valence-electron chi connectivity index (χ4n) is 4.53. The Hall–Kier alpha value is -2.08. The molecule has 2 fully saturated rings. The van der Waals surface area contributed by atoms with E-state index in [0.717, 1.165) is 25.7 Å². The molecule has 148 valence electrons. The first-order valence-electron chi connectivity index (χ1n) is 9.95. The Morgan fingerprint density at radius 3 is 2.48 bits per heavy atom. The third kappa shape index (κ3) is 4.26. The lowest BCUT2D eigenvalue weighted by molar-refractivity contribution is -0.122. The Morgan fingerprint density at radius 1 is 1.22 bits per heavy atom. The highest BCUT2D eigenvalue weighted by atomic mass is 16.5. The van der Waals surface area contributed by atoms with Gasteiger partial charge in [0.2, 0.25) is 5.91 Å². The van der Waals surface area contributed by atoms with E-state index in [1.54, 1.807) is 32.3 Å². The highest BCUT2D eigenvalue weighted by molar-refractivity contribution is 5.97. The predicted octanol–water partition coefficient (Wildman–Crippen LogP) is 2.88. The number of nitrogens with zero attached hydrogens (tertiary/aromatic N) is 1. The predicted molar refractivity (Wildman–Crippen MR) is 106 cm³/mol. The number of fused-ring (bicyclic) bond motifs is 2. The van der Waals surface area contributed by atoms with E-state index in [1.807, 2.05) is 6.92 Å². The number of rotatable bonds is 5. The van der Waals surface area contributed by atoms with Crippen molar-refractivity contribution in [1.29, 1.82) is 0 Å². The van der Waals surface area contributed by atoms with E-state index in [4.69, 9.17) is 10.5 Å². The van der Waals surface area contributed by atoms with Crippen molar-refractivity contribution in [3.8, 4) is 5.75 Å². The third-order valence-electron chi connectivity index (χ3n) is 5.98. The minimum atomic E-state index is -0.0945. The van der Waals surface area contributed by atoms with Crippen LogP contribution in [0.3, 0.4) is 0 Å². The third-order valence-corrected chi connectivity index (χ3v) is 5.98. The first kappa shape index (κ1) is 19.7. The zero-order chi connectivity index (χ0) is 19.6. The molecule has 1 aromatic carbocycles. The van der Waals surface area contributed by atoms with Gasteiger partial charge >= 0.3 is 0 Å². The lowest BCUT2D eigenvalue weighted by Crippen LogP contribution is -2.48. The van der Waals surface area contributed by atoms with Crippen LogP contribution in [-0.2, 0) is 4.79 Å². The van der Waals surface area contributed by atoms with Crippen LogP contribution in [0.4, 0.5) is 5.69 Å². The largest absolute Gasteiger partial charge is 0.492 e. The van der Waals surface area contributed by atoms with E-state index in [0.29, 0.717) is 35.4 Å². The highest BCUT2D eigenvalue weighted by Gasteiger charge is 2.40. The van der Waals surface area contributed by atoms with E-state index in [9.17, 15) is 9.59 Å². The number of hydrogen-bond donors (Lipinski definition) is 2. The first-order chi connectivity index (χ1) is 12.9. The van der Waals surface area contributed by atoms with Gasteiger partial charge in [-0.3, -0.25) is 9.59 Å². The van der Waals surface area contributed by atoms with E-state index in [-0.39, 0.29) is 23.8 Å². The van der Waals surface area contributed by atoms with Gasteiger partial charge in [-0.05, 0) is 62.6 Å². The number of ether oxygens (including phenoxy) is 1. The normalized spacial score (nSPS) is 27.0. The molecule has 1 aromatic rings. The van der Waals surface area contributed by atoms with Gasteiger partial charge in [0.1, 0.15) is 5.75 Å². The standard InChI is InChI=1S/C21H31N3O3/c1-4-27-18-12-15(21(26)24(2)3)8-9-17(18)23-20(25)16-10-13-6-5-7-14(11-16)19(13)22/h8-9,12-14,16,19H,4-7,10-11,22H2,1-3H3,(H,23,25). The molecule has 0 radical (unpaired) electrons. The summed E-state index contributed by atoms with van der Waals surface area (Å²) in [7, 11) is 3.42. The minimum Gasteiger partial charge on any atom is -0.492 e. The molecule has 0 aromatic heterocycles. The lowest BCUT2D eigenvalue weighted by Gasteiger charge is -2.43. The van der Waals surface area contributed by atoms with Crippen LogP contribution < -0.4 is 15.8 Å². The zero-order valence-corrected chi connectivity index (χ0v) is 16.5. The maximum absolute atomic E-state index is 12.9. The van der Waals surface area contributed by atoms with Crippen LogP contribution in [0.15, 0.2) is 18.2 Å². The molecule has 2 bridgehead atoms. The van der Waals surface area contributed by atoms with Gasteiger partial charge in [0.05, 0.1) is 12.3 Å². The topological polar surface area (TPSA) is 84.7 Å². The Kier molecular flexibility index (Phi) is 6.05. The van der Waals surface area contributed by atoms with Crippen molar-refractivity contribution in [2.45, 2.75) is 45.1 Å². The quantitative estimate of drug-likeness (QED) is 0.831. The van der Waals surface area contributed by atoms with Crippen LogP contribution in [0.5, 0.6) is 5.75 Å². The van der Waals surface area contributed by atoms with Crippen LogP contribution in [-0.4, -0.2) is 43.5 Å². The van der Waals surface area contributed by atoms with Crippen LogP contribution >= 0.6 is 0 Å². The van der Waals surface area contributed by atoms with Gasteiger partial charge in [-0.25, -0.2) is 0 Å². The van der Waals surface area contributed by atoms with Crippen molar-refractivity contribution < 1.29 is 14.3 Å². The highest BCUT2D eigenvalue weighted by Crippen LogP contribution is 2.42. The van der Waals surface area contributed by atoms with E-state index >= 15 is 0 Å². The summed E-state index contributed by atoms with van der Waals surface area (Å²) < 4.78 is 5.68. The van der Waals surface area contributed by atoms with Gasteiger partial charge in [0, 0.05) is 31.6 Å². The molecule has 2 unspecified atom stereocenters. The second kappa shape index (κ2) is 8.30.